The maximum absolute atomic E-state index is 14.0. The highest BCUT2D eigenvalue weighted by Gasteiger charge is 2.34. The van der Waals surface area contributed by atoms with E-state index in [0.717, 1.165) is 12.8 Å². The summed E-state index contributed by atoms with van der Waals surface area (Å²) in [6, 6.07) is 8.91. The van der Waals surface area contributed by atoms with Crippen LogP contribution in [0.25, 0.3) is 44.8 Å². The number of hydrogen-bond acceptors (Lipinski definition) is 15. The van der Waals surface area contributed by atoms with Crippen LogP contribution in [0.2, 0.25) is 0 Å². The van der Waals surface area contributed by atoms with Crippen LogP contribution in [0.15, 0.2) is 55.8 Å². The van der Waals surface area contributed by atoms with E-state index in [-0.39, 0.29) is 87.1 Å². The number of fused-ring (bicyclic) bond motifs is 2. The Balaban J connectivity index is 0.887. The number of H-pyrrole nitrogens is 2. The van der Waals surface area contributed by atoms with Gasteiger partial charge in [0.25, 0.3) is 11.1 Å². The first-order valence-electron chi connectivity index (χ1n) is 22.7. The standard InChI is InChI=1S/C44H56N12O10S2/c1-7-11-32-36-38(51(5)49-32)42(57)47-40(45-36)30-25-28(13-15-34(30)64-9-3)67(60,61)55-21-17-53(18-22-55)27-66-44(59)54-19-23-56(24-20-54)68(62,63)29-14-16-35(65-10-4)31(26-29)41-46-37-33(12-8-2)50-52(6)39(37)43(58)48-41/h13-16,25-26H,7-12,17-24,27H2,1-6H3,(H,45,47,57)(H,46,48,58). The topological polar surface area (TPSA) is 253 Å². The van der Waals surface area contributed by atoms with Crippen molar-refractivity contribution in [1.82, 2.24) is 57.9 Å². The molecule has 6 aromatic rings. The Morgan fingerprint density at radius 2 is 1.06 bits per heavy atom. The smallest absolute Gasteiger partial charge is 0.411 e. The molecule has 2 aliphatic rings. The second kappa shape index (κ2) is 19.8. The molecule has 0 spiro atoms. The Morgan fingerprint density at radius 3 is 1.47 bits per heavy atom. The summed E-state index contributed by atoms with van der Waals surface area (Å²) in [4.78, 5) is 58.0. The average molecular weight is 977 g/mol. The van der Waals surface area contributed by atoms with Gasteiger partial charge in [0.1, 0.15) is 40.9 Å². The molecule has 24 heteroatoms. The van der Waals surface area contributed by atoms with Crippen LogP contribution in [0.4, 0.5) is 4.79 Å². The number of hydrogen-bond donors (Lipinski definition) is 2. The van der Waals surface area contributed by atoms with Crippen LogP contribution in [0.5, 0.6) is 11.5 Å². The number of nitrogens with one attached hydrogen (secondary N) is 2. The minimum absolute atomic E-state index is 0.000355. The molecule has 2 fully saturated rings. The summed E-state index contributed by atoms with van der Waals surface area (Å²) in [5.74, 6) is 1.03. The summed E-state index contributed by atoms with van der Waals surface area (Å²) in [5.41, 5.74) is 2.65. The fourth-order valence-corrected chi connectivity index (χ4v) is 11.5. The van der Waals surface area contributed by atoms with Crippen LogP contribution in [-0.4, -0.2) is 153 Å². The fraction of sp³-hybridized carbons (Fsp3) is 0.477. The molecule has 364 valence electrons. The number of piperazine rings is 2. The zero-order chi connectivity index (χ0) is 48.5. The van der Waals surface area contributed by atoms with Crippen LogP contribution in [0.1, 0.15) is 51.9 Å². The van der Waals surface area contributed by atoms with Crippen molar-refractivity contribution < 1.29 is 35.8 Å². The van der Waals surface area contributed by atoms with Gasteiger partial charge in [-0.3, -0.25) is 23.9 Å². The number of ether oxygens (including phenoxy) is 3. The number of nitrogens with zero attached hydrogens (tertiary/aromatic N) is 10. The Hall–Kier alpha value is -6.21. The Morgan fingerprint density at radius 1 is 0.632 bits per heavy atom. The molecule has 6 heterocycles. The van der Waals surface area contributed by atoms with Gasteiger partial charge >= 0.3 is 6.09 Å². The molecule has 2 N–H and O–H groups in total. The normalized spacial score (nSPS) is 15.6. The van der Waals surface area contributed by atoms with Crippen molar-refractivity contribution in [3.8, 4) is 34.3 Å². The third-order valence-corrected chi connectivity index (χ3v) is 15.8. The first-order chi connectivity index (χ1) is 32.6. The van der Waals surface area contributed by atoms with Crippen molar-refractivity contribution >= 4 is 48.2 Å². The fourth-order valence-electron chi connectivity index (χ4n) is 8.58. The largest absolute Gasteiger partial charge is 0.493 e. The molecule has 2 aromatic carbocycles. The van der Waals surface area contributed by atoms with E-state index in [1.165, 1.54) is 47.1 Å². The van der Waals surface area contributed by atoms with Gasteiger partial charge in [0.2, 0.25) is 20.0 Å². The summed E-state index contributed by atoms with van der Waals surface area (Å²) < 4.78 is 79.1. The molecule has 0 unspecified atom stereocenters. The van der Waals surface area contributed by atoms with E-state index in [1.807, 2.05) is 18.7 Å². The molecule has 0 saturated carbocycles. The predicted octanol–water partition coefficient (Wildman–Crippen LogP) is 3.07. The van der Waals surface area contributed by atoms with Gasteiger partial charge in [-0.05, 0) is 63.1 Å². The van der Waals surface area contributed by atoms with Gasteiger partial charge in [-0.15, -0.1) is 0 Å². The zero-order valence-corrected chi connectivity index (χ0v) is 40.6. The third kappa shape index (κ3) is 9.33. The maximum Gasteiger partial charge on any atom is 0.411 e. The van der Waals surface area contributed by atoms with Gasteiger partial charge in [0.15, 0.2) is 11.0 Å². The molecule has 0 radical (unpaired) electrons. The van der Waals surface area contributed by atoms with Crippen molar-refractivity contribution in [2.45, 2.75) is 63.2 Å². The van der Waals surface area contributed by atoms with E-state index in [2.05, 4.69) is 20.2 Å². The quantitative estimate of drug-likeness (QED) is 0.141. The van der Waals surface area contributed by atoms with E-state index < -0.39 is 37.3 Å². The molecule has 2 aliphatic heterocycles. The van der Waals surface area contributed by atoms with Gasteiger partial charge in [-0.2, -0.15) is 18.8 Å². The number of aryl methyl sites for hydroxylation is 4. The van der Waals surface area contributed by atoms with Crippen LogP contribution in [0.3, 0.4) is 0 Å². The van der Waals surface area contributed by atoms with E-state index in [1.54, 1.807) is 40.1 Å². The average Bonchev–Trinajstić information content (AvgIpc) is 3.83. The van der Waals surface area contributed by atoms with Crippen molar-refractivity contribution in [1.29, 1.82) is 0 Å². The van der Waals surface area contributed by atoms with Crippen LogP contribution in [0, 0.1) is 0 Å². The SMILES string of the molecule is CCCc1nn(C)c2c(=O)[nH]c(-c3cc(S(=O)(=O)N4CCN(COC(=O)N5CCN(S(=O)(=O)c6ccc(OCC)c(-c7nc8c(CCC)nn(C)c8c(=O)[nH]7)c6)CC5)CC4)ccc3OCC)nc12. The van der Waals surface area contributed by atoms with Crippen LogP contribution < -0.4 is 20.6 Å². The highest BCUT2D eigenvalue weighted by atomic mass is 32.2. The number of carbonyl (C=O) groups is 1. The summed E-state index contributed by atoms with van der Waals surface area (Å²) in [5, 5.41) is 8.97. The molecule has 0 atom stereocenters. The minimum Gasteiger partial charge on any atom is -0.493 e. The van der Waals surface area contributed by atoms with Gasteiger partial charge in [0.05, 0.1) is 45.5 Å². The third-order valence-electron chi connectivity index (χ3n) is 12.0. The molecular formula is C44H56N12O10S2. The van der Waals surface area contributed by atoms with Gasteiger partial charge in [-0.1, -0.05) is 26.7 Å². The van der Waals surface area contributed by atoms with Gasteiger partial charge in [0, 0.05) is 66.5 Å². The molecule has 1 amide bonds. The van der Waals surface area contributed by atoms with Gasteiger partial charge < -0.3 is 29.1 Å². The number of amides is 1. The molecule has 22 nitrogen and oxygen atoms in total. The number of carbonyl (C=O) groups excluding carboxylic acids is 1. The lowest BCUT2D eigenvalue weighted by atomic mass is 10.1. The van der Waals surface area contributed by atoms with Crippen LogP contribution >= 0.6 is 0 Å². The summed E-state index contributed by atoms with van der Waals surface area (Å²) in [6.07, 6.45) is 2.18. The molecular weight excluding hydrogens is 921 g/mol. The molecule has 0 aliphatic carbocycles. The van der Waals surface area contributed by atoms with Crippen molar-refractivity contribution in [2.24, 2.45) is 14.1 Å². The summed E-state index contributed by atoms with van der Waals surface area (Å²) in [6.45, 7) is 9.04. The number of sulfonamides is 2. The van der Waals surface area contributed by atoms with E-state index >= 15 is 0 Å². The Labute approximate surface area is 392 Å². The highest BCUT2D eigenvalue weighted by molar-refractivity contribution is 7.89. The molecule has 68 heavy (non-hydrogen) atoms. The molecule has 8 rings (SSSR count). The summed E-state index contributed by atoms with van der Waals surface area (Å²) >= 11 is 0. The number of rotatable bonds is 16. The van der Waals surface area contributed by atoms with E-state index in [4.69, 9.17) is 24.2 Å². The lowest BCUT2D eigenvalue weighted by Gasteiger charge is -2.35. The first kappa shape index (κ1) is 48.3. The van der Waals surface area contributed by atoms with Crippen molar-refractivity contribution in [2.75, 3.05) is 72.3 Å². The minimum atomic E-state index is -4.07. The van der Waals surface area contributed by atoms with Crippen molar-refractivity contribution in [3.63, 3.8) is 0 Å². The van der Waals surface area contributed by atoms with E-state index in [0.29, 0.717) is 75.5 Å². The summed E-state index contributed by atoms with van der Waals surface area (Å²) in [7, 11) is -4.72. The predicted molar refractivity (Wildman–Crippen MR) is 251 cm³/mol. The number of benzene rings is 2. The monoisotopic (exact) mass is 976 g/mol. The maximum atomic E-state index is 14.0. The van der Waals surface area contributed by atoms with Crippen molar-refractivity contribution in [3.05, 3.63) is 68.5 Å². The van der Waals surface area contributed by atoms with E-state index in [9.17, 15) is 31.2 Å². The zero-order valence-electron chi connectivity index (χ0n) is 38.9. The number of aromatic amines is 2. The molecule has 2 saturated heterocycles. The van der Waals surface area contributed by atoms with Gasteiger partial charge in [-0.25, -0.2) is 31.6 Å². The Bertz CT molecular complexity index is 3200. The van der Waals surface area contributed by atoms with Crippen LogP contribution in [-0.2, 0) is 51.7 Å². The molecule has 4 aromatic heterocycles. The highest BCUT2D eigenvalue weighted by Crippen LogP contribution is 2.34. The lowest BCUT2D eigenvalue weighted by molar-refractivity contribution is 0.0260. The number of aromatic nitrogens is 8. The second-order valence-electron chi connectivity index (χ2n) is 16.5. The second-order valence-corrected chi connectivity index (χ2v) is 20.4. The first-order valence-corrected chi connectivity index (χ1v) is 25.6. The molecule has 0 bridgehead atoms. The Kier molecular flexibility index (Phi) is 14.0. The lowest BCUT2D eigenvalue weighted by Crippen LogP contribution is -2.52.